The molecule has 0 saturated carbocycles. The Morgan fingerprint density at radius 2 is 1.75 bits per heavy atom. The van der Waals surface area contributed by atoms with Crippen molar-refractivity contribution in [2.75, 3.05) is 21.2 Å². The van der Waals surface area contributed by atoms with Crippen molar-refractivity contribution in [1.82, 2.24) is 4.90 Å². The Labute approximate surface area is 74.7 Å². The molecule has 0 aromatic rings. The van der Waals surface area contributed by atoms with Gasteiger partial charge >= 0.3 is 5.97 Å². The van der Waals surface area contributed by atoms with E-state index in [0.29, 0.717) is 0 Å². The van der Waals surface area contributed by atoms with Gasteiger partial charge in [-0.25, -0.2) is 0 Å². The Bertz CT molecular complexity index is 158. The number of hydrogen-bond acceptors (Lipinski definition) is 3. The van der Waals surface area contributed by atoms with Gasteiger partial charge in [0.1, 0.15) is 6.04 Å². The van der Waals surface area contributed by atoms with Crippen LogP contribution in [0.5, 0.6) is 0 Å². The Balaban J connectivity index is 4.56. The molecule has 0 N–H and O–H groups in total. The molecule has 0 unspecified atom stereocenters. The van der Waals surface area contributed by atoms with Crippen molar-refractivity contribution in [3.8, 4) is 0 Å². The summed E-state index contributed by atoms with van der Waals surface area (Å²) in [5.74, 6) is -0.174. The van der Waals surface area contributed by atoms with E-state index < -0.39 is 0 Å². The summed E-state index contributed by atoms with van der Waals surface area (Å²) < 4.78 is 4.72. The van der Waals surface area contributed by atoms with Crippen LogP contribution in [0.2, 0.25) is 0 Å². The van der Waals surface area contributed by atoms with Crippen molar-refractivity contribution in [3.63, 3.8) is 0 Å². The predicted molar refractivity (Wildman–Crippen MR) is 48.9 cm³/mol. The van der Waals surface area contributed by atoms with Crippen molar-refractivity contribution in [2.24, 2.45) is 5.41 Å². The van der Waals surface area contributed by atoms with E-state index in [2.05, 4.69) is 0 Å². The van der Waals surface area contributed by atoms with E-state index in [0.717, 1.165) is 0 Å². The number of ether oxygens (including phenoxy) is 1. The lowest BCUT2D eigenvalue weighted by atomic mass is 9.86. The van der Waals surface area contributed by atoms with Crippen molar-refractivity contribution in [2.45, 2.75) is 26.8 Å². The fraction of sp³-hybridized carbons (Fsp3) is 0.889. The Hall–Kier alpha value is -0.570. The van der Waals surface area contributed by atoms with Crippen molar-refractivity contribution >= 4 is 5.97 Å². The molecule has 0 aliphatic rings. The van der Waals surface area contributed by atoms with E-state index in [1.165, 1.54) is 7.11 Å². The number of esters is 1. The molecule has 0 amide bonds. The maximum atomic E-state index is 11.3. The van der Waals surface area contributed by atoms with Gasteiger partial charge in [0.2, 0.25) is 0 Å². The summed E-state index contributed by atoms with van der Waals surface area (Å²) in [6, 6.07) is -0.178. The number of carbonyl (C=O) groups is 1. The Kier molecular flexibility index (Phi) is 3.71. The number of nitrogens with zero attached hydrogens (tertiary/aromatic N) is 1. The summed E-state index contributed by atoms with van der Waals surface area (Å²) in [5, 5.41) is 0. The molecular formula is C9H19NO2. The summed E-state index contributed by atoms with van der Waals surface area (Å²) >= 11 is 0. The Morgan fingerprint density at radius 1 is 1.33 bits per heavy atom. The van der Waals surface area contributed by atoms with E-state index in [1.54, 1.807) is 0 Å². The first-order valence-corrected chi connectivity index (χ1v) is 4.05. The molecule has 0 aromatic heterocycles. The van der Waals surface area contributed by atoms with Gasteiger partial charge in [0.25, 0.3) is 0 Å². The minimum absolute atomic E-state index is 0.0867. The lowest BCUT2D eigenvalue weighted by Crippen LogP contribution is -2.46. The molecule has 0 bridgehead atoms. The Morgan fingerprint density at radius 3 is 1.83 bits per heavy atom. The molecule has 3 nitrogen and oxygen atoms in total. The summed E-state index contributed by atoms with van der Waals surface area (Å²) in [7, 11) is 5.18. The van der Waals surface area contributed by atoms with E-state index in [4.69, 9.17) is 4.74 Å². The number of carbonyl (C=O) groups excluding carboxylic acids is 1. The summed E-state index contributed by atoms with van der Waals surface area (Å²) in [6.45, 7) is 6.07. The number of methoxy groups -OCH3 is 1. The van der Waals surface area contributed by atoms with Crippen LogP contribution in [0.4, 0.5) is 0 Å². The van der Waals surface area contributed by atoms with Gasteiger partial charge in [-0.3, -0.25) is 9.69 Å². The third-order valence-corrected chi connectivity index (χ3v) is 1.76. The average Bonchev–Trinajstić information content (AvgIpc) is 1.83. The first-order chi connectivity index (χ1) is 5.30. The molecule has 0 aromatic carbocycles. The van der Waals surface area contributed by atoms with Gasteiger partial charge in [0.15, 0.2) is 0 Å². The SMILES string of the molecule is COC(=O)[C@@H](N(C)C)C(C)(C)C. The smallest absolute Gasteiger partial charge is 0.323 e. The number of hydrogen-bond donors (Lipinski definition) is 0. The standard InChI is InChI=1S/C9H19NO2/c1-9(2,3)7(10(4)5)8(11)12-6/h7H,1-6H3/t7-/m1/s1. The molecule has 0 radical (unpaired) electrons. The fourth-order valence-corrected chi connectivity index (χ4v) is 1.45. The van der Waals surface area contributed by atoms with Crippen molar-refractivity contribution in [3.05, 3.63) is 0 Å². The largest absolute Gasteiger partial charge is 0.468 e. The number of likely N-dealkylation sites (N-methyl/N-ethyl adjacent to an activating group) is 1. The predicted octanol–water partition coefficient (Wildman–Crippen LogP) is 1.14. The highest BCUT2D eigenvalue weighted by Gasteiger charge is 2.33. The molecular weight excluding hydrogens is 154 g/mol. The fourth-order valence-electron chi connectivity index (χ4n) is 1.45. The van der Waals surface area contributed by atoms with Crippen LogP contribution >= 0.6 is 0 Å². The lowest BCUT2D eigenvalue weighted by Gasteiger charge is -2.33. The van der Waals surface area contributed by atoms with Gasteiger partial charge in [0.05, 0.1) is 7.11 Å². The summed E-state index contributed by atoms with van der Waals surface area (Å²) in [5.41, 5.74) is -0.0867. The summed E-state index contributed by atoms with van der Waals surface area (Å²) in [4.78, 5) is 13.2. The zero-order chi connectivity index (χ0) is 9.94. The lowest BCUT2D eigenvalue weighted by molar-refractivity contribution is -0.149. The van der Waals surface area contributed by atoms with Gasteiger partial charge in [-0.2, -0.15) is 0 Å². The monoisotopic (exact) mass is 173 g/mol. The second kappa shape index (κ2) is 3.90. The zero-order valence-electron chi connectivity index (χ0n) is 8.84. The van der Waals surface area contributed by atoms with Crippen LogP contribution < -0.4 is 0 Å². The van der Waals surface area contributed by atoms with Crippen LogP contribution in [-0.4, -0.2) is 38.1 Å². The quantitative estimate of drug-likeness (QED) is 0.586. The first kappa shape index (κ1) is 11.4. The molecule has 0 fully saturated rings. The molecule has 0 aliphatic carbocycles. The van der Waals surface area contributed by atoms with E-state index >= 15 is 0 Å². The third kappa shape index (κ3) is 2.81. The van der Waals surface area contributed by atoms with Gasteiger partial charge in [-0.15, -0.1) is 0 Å². The van der Waals surface area contributed by atoms with Crippen LogP contribution in [0.25, 0.3) is 0 Å². The maximum absolute atomic E-state index is 11.3. The average molecular weight is 173 g/mol. The second-order valence-corrected chi connectivity index (χ2v) is 4.26. The van der Waals surface area contributed by atoms with E-state index in [9.17, 15) is 4.79 Å². The molecule has 72 valence electrons. The highest BCUT2D eigenvalue weighted by molar-refractivity contribution is 5.76. The maximum Gasteiger partial charge on any atom is 0.323 e. The van der Waals surface area contributed by atoms with Gasteiger partial charge in [-0.1, -0.05) is 20.8 Å². The molecule has 0 heterocycles. The molecule has 3 heteroatoms. The molecule has 12 heavy (non-hydrogen) atoms. The highest BCUT2D eigenvalue weighted by atomic mass is 16.5. The van der Waals surface area contributed by atoms with Crippen LogP contribution in [0, 0.1) is 5.41 Å². The topological polar surface area (TPSA) is 29.5 Å². The normalized spacial score (nSPS) is 14.6. The minimum atomic E-state index is -0.178. The third-order valence-electron chi connectivity index (χ3n) is 1.76. The van der Waals surface area contributed by atoms with E-state index in [-0.39, 0.29) is 17.4 Å². The molecule has 0 spiro atoms. The van der Waals surface area contributed by atoms with Gasteiger partial charge in [-0.05, 0) is 19.5 Å². The molecule has 1 atom stereocenters. The van der Waals surface area contributed by atoms with Crippen LogP contribution in [0.15, 0.2) is 0 Å². The van der Waals surface area contributed by atoms with Gasteiger partial charge < -0.3 is 4.74 Å². The second-order valence-electron chi connectivity index (χ2n) is 4.26. The summed E-state index contributed by atoms with van der Waals surface area (Å²) in [6.07, 6.45) is 0. The molecule has 0 aliphatic heterocycles. The first-order valence-electron chi connectivity index (χ1n) is 4.05. The van der Waals surface area contributed by atoms with Gasteiger partial charge in [0, 0.05) is 0 Å². The number of rotatable bonds is 2. The highest BCUT2D eigenvalue weighted by Crippen LogP contribution is 2.23. The van der Waals surface area contributed by atoms with E-state index in [1.807, 2.05) is 39.8 Å². The minimum Gasteiger partial charge on any atom is -0.468 e. The van der Waals surface area contributed by atoms with Crippen LogP contribution in [0.3, 0.4) is 0 Å². The zero-order valence-corrected chi connectivity index (χ0v) is 8.84. The van der Waals surface area contributed by atoms with Crippen molar-refractivity contribution in [1.29, 1.82) is 0 Å². The molecule has 0 saturated heterocycles. The molecule has 0 rings (SSSR count). The van der Waals surface area contributed by atoms with Crippen LogP contribution in [0.1, 0.15) is 20.8 Å². The van der Waals surface area contributed by atoms with Crippen LogP contribution in [-0.2, 0) is 9.53 Å². The van der Waals surface area contributed by atoms with Crippen molar-refractivity contribution < 1.29 is 9.53 Å².